The van der Waals surface area contributed by atoms with Crippen LogP contribution in [0.15, 0.2) is 0 Å². The standard InChI is InChI=1S/C11H22S/c1-10(2,3)9-5-7-11(4,12)8-6-9/h9,12H,5-8H2,1-4H3. The van der Waals surface area contributed by atoms with E-state index in [9.17, 15) is 0 Å². The minimum Gasteiger partial charge on any atom is -0.173 e. The summed E-state index contributed by atoms with van der Waals surface area (Å²) in [6.07, 6.45) is 5.31. The number of hydrogen-bond donors (Lipinski definition) is 1. The van der Waals surface area contributed by atoms with Gasteiger partial charge >= 0.3 is 0 Å². The zero-order valence-electron chi connectivity index (χ0n) is 8.85. The molecule has 72 valence electrons. The molecule has 12 heavy (non-hydrogen) atoms. The van der Waals surface area contributed by atoms with E-state index in [4.69, 9.17) is 0 Å². The molecule has 0 atom stereocenters. The van der Waals surface area contributed by atoms with E-state index in [0.717, 1.165) is 5.92 Å². The molecule has 1 aliphatic carbocycles. The van der Waals surface area contributed by atoms with Crippen LogP contribution in [0.5, 0.6) is 0 Å². The number of thiol groups is 1. The van der Waals surface area contributed by atoms with Crippen molar-refractivity contribution in [3.8, 4) is 0 Å². The van der Waals surface area contributed by atoms with Crippen LogP contribution in [-0.4, -0.2) is 4.75 Å². The molecular formula is C11H22S. The van der Waals surface area contributed by atoms with Crippen LogP contribution in [0, 0.1) is 11.3 Å². The SMILES string of the molecule is CC1(S)CCC(C(C)(C)C)CC1. The molecule has 1 fully saturated rings. The third-order valence-electron chi connectivity index (χ3n) is 3.29. The summed E-state index contributed by atoms with van der Waals surface area (Å²) in [6, 6.07) is 0. The average molecular weight is 186 g/mol. The van der Waals surface area contributed by atoms with Gasteiger partial charge in [-0.3, -0.25) is 0 Å². The van der Waals surface area contributed by atoms with E-state index in [2.05, 4.69) is 40.3 Å². The van der Waals surface area contributed by atoms with Gasteiger partial charge in [-0.2, -0.15) is 12.6 Å². The van der Waals surface area contributed by atoms with Crippen LogP contribution >= 0.6 is 12.6 Å². The van der Waals surface area contributed by atoms with Crippen LogP contribution in [0.4, 0.5) is 0 Å². The Labute approximate surface area is 82.5 Å². The molecule has 0 heterocycles. The topological polar surface area (TPSA) is 0 Å². The van der Waals surface area contributed by atoms with Gasteiger partial charge in [-0.1, -0.05) is 27.7 Å². The Bertz CT molecular complexity index is 143. The van der Waals surface area contributed by atoms with E-state index < -0.39 is 0 Å². The lowest BCUT2D eigenvalue weighted by Gasteiger charge is -2.39. The molecule has 1 aliphatic rings. The molecule has 0 spiro atoms. The molecule has 0 bridgehead atoms. The first kappa shape index (κ1) is 10.4. The second kappa shape index (κ2) is 3.25. The molecule has 0 aliphatic heterocycles. The van der Waals surface area contributed by atoms with Crippen molar-refractivity contribution in [3.05, 3.63) is 0 Å². The normalized spacial score (nSPS) is 38.2. The van der Waals surface area contributed by atoms with Gasteiger partial charge < -0.3 is 0 Å². The van der Waals surface area contributed by atoms with E-state index in [1.165, 1.54) is 25.7 Å². The fourth-order valence-corrected chi connectivity index (χ4v) is 2.36. The largest absolute Gasteiger partial charge is 0.173 e. The Morgan fingerprint density at radius 3 is 1.92 bits per heavy atom. The van der Waals surface area contributed by atoms with E-state index in [1.807, 2.05) is 0 Å². The molecule has 0 unspecified atom stereocenters. The van der Waals surface area contributed by atoms with Crippen molar-refractivity contribution in [2.45, 2.75) is 58.1 Å². The lowest BCUT2D eigenvalue weighted by Crippen LogP contribution is -2.31. The second-order valence-corrected chi connectivity index (χ2v) is 6.72. The maximum atomic E-state index is 4.65. The molecule has 1 heteroatoms. The lowest BCUT2D eigenvalue weighted by molar-refractivity contribution is 0.165. The molecule has 0 aromatic carbocycles. The molecule has 0 saturated heterocycles. The molecule has 0 aromatic heterocycles. The van der Waals surface area contributed by atoms with Crippen molar-refractivity contribution in [3.63, 3.8) is 0 Å². The van der Waals surface area contributed by atoms with E-state index in [0.29, 0.717) is 10.2 Å². The van der Waals surface area contributed by atoms with Crippen molar-refractivity contribution in [1.82, 2.24) is 0 Å². The summed E-state index contributed by atoms with van der Waals surface area (Å²) >= 11 is 4.65. The van der Waals surface area contributed by atoms with Gasteiger partial charge in [0.1, 0.15) is 0 Å². The van der Waals surface area contributed by atoms with Crippen LogP contribution in [0.1, 0.15) is 53.4 Å². The van der Waals surface area contributed by atoms with Crippen molar-refractivity contribution in [2.24, 2.45) is 11.3 Å². The fourth-order valence-electron chi connectivity index (χ4n) is 2.11. The van der Waals surface area contributed by atoms with Crippen molar-refractivity contribution >= 4 is 12.6 Å². The van der Waals surface area contributed by atoms with Gasteiger partial charge in [0, 0.05) is 4.75 Å². The van der Waals surface area contributed by atoms with Gasteiger partial charge in [0.05, 0.1) is 0 Å². The van der Waals surface area contributed by atoms with Gasteiger partial charge in [-0.05, 0) is 37.0 Å². The summed E-state index contributed by atoms with van der Waals surface area (Å²) in [4.78, 5) is 0. The van der Waals surface area contributed by atoms with Crippen molar-refractivity contribution in [2.75, 3.05) is 0 Å². The van der Waals surface area contributed by atoms with Crippen LogP contribution in [0.3, 0.4) is 0 Å². The molecule has 0 amide bonds. The summed E-state index contributed by atoms with van der Waals surface area (Å²) in [6.45, 7) is 9.35. The maximum Gasteiger partial charge on any atom is 0.0102 e. The predicted molar refractivity (Wildman–Crippen MR) is 58.8 cm³/mol. The quantitative estimate of drug-likeness (QED) is 0.545. The zero-order valence-corrected chi connectivity index (χ0v) is 9.75. The smallest absolute Gasteiger partial charge is 0.0102 e. The maximum absolute atomic E-state index is 4.65. The van der Waals surface area contributed by atoms with Crippen LogP contribution in [0.25, 0.3) is 0 Å². The number of rotatable bonds is 0. The van der Waals surface area contributed by atoms with E-state index in [-0.39, 0.29) is 0 Å². The summed E-state index contributed by atoms with van der Waals surface area (Å²) in [5.74, 6) is 0.915. The lowest BCUT2D eigenvalue weighted by atomic mass is 9.70. The minimum atomic E-state index is 0.321. The highest BCUT2D eigenvalue weighted by Gasteiger charge is 2.33. The molecular weight excluding hydrogens is 164 g/mol. The monoisotopic (exact) mass is 186 g/mol. The molecule has 0 N–H and O–H groups in total. The van der Waals surface area contributed by atoms with Gasteiger partial charge in [0.2, 0.25) is 0 Å². The summed E-state index contributed by atoms with van der Waals surface area (Å²) < 4.78 is 0.321. The Morgan fingerprint density at radius 1 is 1.17 bits per heavy atom. The third kappa shape index (κ3) is 2.69. The van der Waals surface area contributed by atoms with E-state index in [1.54, 1.807) is 0 Å². The predicted octanol–water partition coefficient (Wildman–Crippen LogP) is 3.91. The second-order valence-electron chi connectivity index (χ2n) is 5.64. The highest BCUT2D eigenvalue weighted by molar-refractivity contribution is 7.81. The highest BCUT2D eigenvalue weighted by Crippen LogP contribution is 2.43. The Hall–Kier alpha value is 0.350. The van der Waals surface area contributed by atoms with Crippen LogP contribution in [0.2, 0.25) is 0 Å². The Balaban J connectivity index is 2.47. The first-order chi connectivity index (χ1) is 5.31. The molecule has 0 radical (unpaired) electrons. The summed E-state index contributed by atoms with van der Waals surface area (Å²) in [5.41, 5.74) is 0.504. The molecule has 1 rings (SSSR count). The fraction of sp³-hybridized carbons (Fsp3) is 1.00. The van der Waals surface area contributed by atoms with Crippen molar-refractivity contribution < 1.29 is 0 Å². The van der Waals surface area contributed by atoms with Crippen molar-refractivity contribution in [1.29, 1.82) is 0 Å². The van der Waals surface area contributed by atoms with Gasteiger partial charge in [0.15, 0.2) is 0 Å². The van der Waals surface area contributed by atoms with Gasteiger partial charge in [0.25, 0.3) is 0 Å². The highest BCUT2D eigenvalue weighted by atomic mass is 32.1. The zero-order chi connectivity index (χ0) is 9.41. The molecule has 0 nitrogen and oxygen atoms in total. The van der Waals surface area contributed by atoms with Crippen LogP contribution < -0.4 is 0 Å². The summed E-state index contributed by atoms with van der Waals surface area (Å²) in [5, 5.41) is 0. The molecule has 1 saturated carbocycles. The van der Waals surface area contributed by atoms with E-state index >= 15 is 0 Å². The Morgan fingerprint density at radius 2 is 1.58 bits per heavy atom. The summed E-state index contributed by atoms with van der Waals surface area (Å²) in [7, 11) is 0. The third-order valence-corrected chi connectivity index (χ3v) is 3.73. The first-order valence-corrected chi connectivity index (χ1v) is 5.48. The van der Waals surface area contributed by atoms with Gasteiger partial charge in [-0.25, -0.2) is 0 Å². The van der Waals surface area contributed by atoms with Crippen LogP contribution in [-0.2, 0) is 0 Å². The first-order valence-electron chi connectivity index (χ1n) is 5.04. The Kier molecular flexibility index (Phi) is 2.82. The minimum absolute atomic E-state index is 0.321. The number of hydrogen-bond acceptors (Lipinski definition) is 1. The van der Waals surface area contributed by atoms with Gasteiger partial charge in [-0.15, -0.1) is 0 Å². The average Bonchev–Trinajstić information content (AvgIpc) is 1.83. The molecule has 0 aromatic rings.